The third-order valence-corrected chi connectivity index (χ3v) is 4.68. The van der Waals surface area contributed by atoms with Crippen molar-refractivity contribution in [3.8, 4) is 0 Å². The summed E-state index contributed by atoms with van der Waals surface area (Å²) in [6.07, 6.45) is 0.823. The predicted octanol–water partition coefficient (Wildman–Crippen LogP) is 3.07. The predicted molar refractivity (Wildman–Crippen MR) is 78.8 cm³/mol. The molecule has 0 radical (unpaired) electrons. The number of carbonyl (C=O) groups excluding carboxylic acids is 1. The molecule has 0 spiro atoms. The van der Waals surface area contributed by atoms with Gasteiger partial charge in [0.25, 0.3) is 0 Å². The molecule has 2 rings (SSSR count). The standard InChI is InChI=1S/C14H18ClNO2S/c1-2-13(14(17)16-7-9-18-10-8-16)19-12-5-3-11(15)4-6-12/h3-6,13H,2,7-10H2,1H3/t13-/m0/s1. The first-order valence-corrected chi connectivity index (χ1v) is 7.75. The fourth-order valence-corrected chi connectivity index (χ4v) is 3.14. The van der Waals surface area contributed by atoms with Gasteiger partial charge in [0.05, 0.1) is 18.5 Å². The number of hydrogen-bond donors (Lipinski definition) is 0. The van der Waals surface area contributed by atoms with Crippen LogP contribution >= 0.6 is 23.4 Å². The molecule has 0 N–H and O–H groups in total. The molecule has 1 aliphatic rings. The van der Waals surface area contributed by atoms with Crippen LogP contribution in [0.4, 0.5) is 0 Å². The summed E-state index contributed by atoms with van der Waals surface area (Å²) in [6, 6.07) is 7.64. The van der Waals surface area contributed by atoms with Gasteiger partial charge in [-0.05, 0) is 30.7 Å². The highest BCUT2D eigenvalue weighted by Crippen LogP contribution is 2.28. The van der Waals surface area contributed by atoms with Crippen LogP contribution in [0.5, 0.6) is 0 Å². The van der Waals surface area contributed by atoms with E-state index in [0.717, 1.165) is 16.3 Å². The molecule has 1 aromatic carbocycles. The lowest BCUT2D eigenvalue weighted by molar-refractivity contribution is -0.134. The molecule has 19 heavy (non-hydrogen) atoms. The second kappa shape index (κ2) is 7.17. The van der Waals surface area contributed by atoms with Gasteiger partial charge in [-0.1, -0.05) is 18.5 Å². The zero-order valence-corrected chi connectivity index (χ0v) is 12.5. The molecule has 1 saturated heterocycles. The average molecular weight is 300 g/mol. The second-order valence-corrected chi connectivity index (χ2v) is 6.12. The minimum Gasteiger partial charge on any atom is -0.378 e. The van der Waals surface area contributed by atoms with Gasteiger partial charge in [0.15, 0.2) is 0 Å². The molecule has 1 aromatic rings. The molecule has 1 aliphatic heterocycles. The lowest BCUT2D eigenvalue weighted by Crippen LogP contribution is -2.44. The number of thioether (sulfide) groups is 1. The zero-order valence-electron chi connectivity index (χ0n) is 11.0. The minimum absolute atomic E-state index is 0.0284. The Kier molecular flexibility index (Phi) is 5.55. The summed E-state index contributed by atoms with van der Waals surface area (Å²) < 4.78 is 5.28. The Morgan fingerprint density at radius 3 is 2.58 bits per heavy atom. The van der Waals surface area contributed by atoms with Crippen LogP contribution in [0.2, 0.25) is 5.02 Å². The van der Waals surface area contributed by atoms with Gasteiger partial charge in [0, 0.05) is 23.0 Å². The Labute approximate surface area is 123 Å². The highest BCUT2D eigenvalue weighted by molar-refractivity contribution is 8.00. The third kappa shape index (κ3) is 4.13. The first-order valence-electron chi connectivity index (χ1n) is 6.49. The van der Waals surface area contributed by atoms with Crippen LogP contribution in [-0.4, -0.2) is 42.4 Å². The van der Waals surface area contributed by atoms with Gasteiger partial charge in [-0.15, -0.1) is 11.8 Å². The summed E-state index contributed by atoms with van der Waals surface area (Å²) in [5.41, 5.74) is 0. The maximum atomic E-state index is 12.4. The number of nitrogens with zero attached hydrogens (tertiary/aromatic N) is 1. The van der Waals surface area contributed by atoms with Gasteiger partial charge in [-0.3, -0.25) is 4.79 Å². The van der Waals surface area contributed by atoms with Crippen molar-refractivity contribution in [1.82, 2.24) is 4.90 Å². The largest absolute Gasteiger partial charge is 0.378 e. The van der Waals surface area contributed by atoms with Crippen molar-refractivity contribution in [2.45, 2.75) is 23.5 Å². The lowest BCUT2D eigenvalue weighted by atomic mass is 10.2. The molecular formula is C14H18ClNO2S. The van der Waals surface area contributed by atoms with Crippen LogP contribution < -0.4 is 0 Å². The van der Waals surface area contributed by atoms with E-state index in [9.17, 15) is 4.79 Å². The monoisotopic (exact) mass is 299 g/mol. The Morgan fingerprint density at radius 1 is 1.37 bits per heavy atom. The van der Waals surface area contributed by atoms with E-state index in [1.54, 1.807) is 11.8 Å². The minimum atomic E-state index is -0.0284. The molecule has 0 bridgehead atoms. The van der Waals surface area contributed by atoms with Crippen molar-refractivity contribution in [3.05, 3.63) is 29.3 Å². The Balaban J connectivity index is 1.98. The molecule has 1 fully saturated rings. The normalized spacial score (nSPS) is 17.3. The molecule has 5 heteroatoms. The number of carbonyl (C=O) groups is 1. The Morgan fingerprint density at radius 2 is 2.00 bits per heavy atom. The number of halogens is 1. The van der Waals surface area contributed by atoms with E-state index >= 15 is 0 Å². The summed E-state index contributed by atoms with van der Waals surface area (Å²) in [5.74, 6) is 0.214. The molecule has 1 atom stereocenters. The van der Waals surface area contributed by atoms with E-state index in [4.69, 9.17) is 16.3 Å². The molecule has 0 aliphatic carbocycles. The van der Waals surface area contributed by atoms with Gasteiger partial charge < -0.3 is 9.64 Å². The highest BCUT2D eigenvalue weighted by Gasteiger charge is 2.25. The van der Waals surface area contributed by atoms with Crippen molar-refractivity contribution < 1.29 is 9.53 Å². The van der Waals surface area contributed by atoms with Crippen molar-refractivity contribution in [2.24, 2.45) is 0 Å². The maximum absolute atomic E-state index is 12.4. The number of hydrogen-bond acceptors (Lipinski definition) is 3. The van der Waals surface area contributed by atoms with Crippen molar-refractivity contribution in [3.63, 3.8) is 0 Å². The van der Waals surface area contributed by atoms with Crippen LogP contribution in [0, 0.1) is 0 Å². The van der Waals surface area contributed by atoms with E-state index in [0.29, 0.717) is 26.3 Å². The lowest BCUT2D eigenvalue weighted by Gasteiger charge is -2.29. The van der Waals surface area contributed by atoms with Crippen LogP contribution in [0.15, 0.2) is 29.2 Å². The van der Waals surface area contributed by atoms with Crippen LogP contribution in [0.25, 0.3) is 0 Å². The summed E-state index contributed by atoms with van der Waals surface area (Å²) in [4.78, 5) is 15.4. The number of amides is 1. The van der Waals surface area contributed by atoms with Crippen molar-refractivity contribution in [2.75, 3.05) is 26.3 Å². The molecule has 104 valence electrons. The van der Waals surface area contributed by atoms with Crippen LogP contribution in [0.1, 0.15) is 13.3 Å². The fourth-order valence-electron chi connectivity index (χ4n) is 1.97. The number of ether oxygens (including phenoxy) is 1. The molecule has 1 heterocycles. The van der Waals surface area contributed by atoms with E-state index in [-0.39, 0.29) is 11.2 Å². The molecule has 3 nitrogen and oxygen atoms in total. The summed E-state index contributed by atoms with van der Waals surface area (Å²) in [5, 5.41) is 0.691. The van der Waals surface area contributed by atoms with Crippen LogP contribution in [0.3, 0.4) is 0 Å². The highest BCUT2D eigenvalue weighted by atomic mass is 35.5. The Hall–Kier alpha value is -0.710. The van der Waals surface area contributed by atoms with Gasteiger partial charge in [-0.2, -0.15) is 0 Å². The molecule has 0 unspecified atom stereocenters. The number of benzene rings is 1. The molecular weight excluding hydrogens is 282 g/mol. The van der Waals surface area contributed by atoms with Crippen molar-refractivity contribution >= 4 is 29.3 Å². The summed E-state index contributed by atoms with van der Waals surface area (Å²) in [6.45, 7) is 4.75. The maximum Gasteiger partial charge on any atom is 0.236 e. The van der Waals surface area contributed by atoms with E-state index in [1.165, 1.54) is 0 Å². The van der Waals surface area contributed by atoms with Gasteiger partial charge in [-0.25, -0.2) is 0 Å². The third-order valence-electron chi connectivity index (χ3n) is 3.06. The van der Waals surface area contributed by atoms with E-state index in [2.05, 4.69) is 0 Å². The fraction of sp³-hybridized carbons (Fsp3) is 0.500. The smallest absolute Gasteiger partial charge is 0.236 e. The molecule has 0 saturated carbocycles. The zero-order chi connectivity index (χ0) is 13.7. The number of morpholine rings is 1. The summed E-state index contributed by atoms with van der Waals surface area (Å²) in [7, 11) is 0. The van der Waals surface area contributed by atoms with E-state index < -0.39 is 0 Å². The SMILES string of the molecule is CC[C@H](Sc1ccc(Cl)cc1)C(=O)N1CCOCC1. The molecule has 1 amide bonds. The average Bonchev–Trinajstić information content (AvgIpc) is 2.47. The first kappa shape index (κ1) is 14.7. The summed E-state index contributed by atoms with van der Waals surface area (Å²) >= 11 is 7.48. The van der Waals surface area contributed by atoms with Gasteiger partial charge in [0.1, 0.15) is 0 Å². The van der Waals surface area contributed by atoms with Crippen LogP contribution in [-0.2, 0) is 9.53 Å². The van der Waals surface area contributed by atoms with Crippen molar-refractivity contribution in [1.29, 1.82) is 0 Å². The second-order valence-electron chi connectivity index (χ2n) is 4.41. The molecule has 0 aromatic heterocycles. The van der Waals surface area contributed by atoms with Gasteiger partial charge >= 0.3 is 0 Å². The number of rotatable bonds is 4. The Bertz CT molecular complexity index is 418. The van der Waals surface area contributed by atoms with Gasteiger partial charge in [0.2, 0.25) is 5.91 Å². The van der Waals surface area contributed by atoms with E-state index in [1.807, 2.05) is 36.1 Å². The topological polar surface area (TPSA) is 29.5 Å². The quantitative estimate of drug-likeness (QED) is 0.800. The first-order chi connectivity index (χ1) is 9.20.